The normalized spacial score (nSPS) is 15.8. The maximum absolute atomic E-state index is 13.1. The zero-order valence-electron chi connectivity index (χ0n) is 16.8. The molecule has 1 aromatic heterocycles. The van der Waals surface area contributed by atoms with Crippen molar-refractivity contribution < 1.29 is 18.0 Å². The number of carbonyl (C=O) groups is 1. The van der Waals surface area contributed by atoms with E-state index in [0.29, 0.717) is 43.1 Å². The number of likely N-dealkylation sites (tertiary alicyclic amines) is 1. The molecule has 1 aliphatic heterocycles. The van der Waals surface area contributed by atoms with Gasteiger partial charge in [-0.05, 0) is 38.8 Å². The summed E-state index contributed by atoms with van der Waals surface area (Å²) in [5, 5.41) is 5.58. The molecule has 0 atom stereocenters. The highest BCUT2D eigenvalue weighted by Crippen LogP contribution is 2.34. The number of aromatic amines is 1. The molecule has 10 heteroatoms. The first-order valence-electron chi connectivity index (χ1n) is 9.66. The van der Waals surface area contributed by atoms with Crippen molar-refractivity contribution in [1.29, 1.82) is 0 Å². The van der Waals surface area contributed by atoms with E-state index in [0.717, 1.165) is 6.07 Å². The molecule has 1 aliphatic rings. The van der Waals surface area contributed by atoms with Gasteiger partial charge in [-0.2, -0.15) is 13.2 Å². The average molecular weight is 423 g/mol. The Morgan fingerprint density at radius 3 is 2.53 bits per heavy atom. The van der Waals surface area contributed by atoms with Gasteiger partial charge in [0.25, 0.3) is 5.56 Å². The third kappa shape index (κ3) is 5.38. The number of H-pyrrole nitrogens is 1. The smallest absolute Gasteiger partial charge is 0.353 e. The number of alkyl halides is 3. The van der Waals surface area contributed by atoms with Gasteiger partial charge in [-0.3, -0.25) is 19.5 Å². The Labute approximate surface area is 171 Å². The van der Waals surface area contributed by atoms with Crippen molar-refractivity contribution in [3.05, 3.63) is 51.4 Å². The van der Waals surface area contributed by atoms with Gasteiger partial charge in [0.05, 0.1) is 17.8 Å². The van der Waals surface area contributed by atoms with Crippen molar-refractivity contribution in [1.82, 2.24) is 14.9 Å². The van der Waals surface area contributed by atoms with Crippen LogP contribution in [-0.4, -0.2) is 46.5 Å². The van der Waals surface area contributed by atoms with E-state index < -0.39 is 17.6 Å². The van der Waals surface area contributed by atoms with Crippen LogP contribution in [0.1, 0.15) is 29.7 Å². The number of anilines is 2. The van der Waals surface area contributed by atoms with Gasteiger partial charge in [0.1, 0.15) is 0 Å². The lowest BCUT2D eigenvalue weighted by molar-refractivity contribution is -0.137. The number of amides is 1. The first kappa shape index (κ1) is 21.8. The number of halogens is 3. The number of para-hydroxylation sites is 1. The molecular weight excluding hydrogens is 399 g/mol. The molecule has 1 saturated heterocycles. The summed E-state index contributed by atoms with van der Waals surface area (Å²) in [5.41, 5.74) is -0.0475. The molecule has 1 aromatic carbocycles. The van der Waals surface area contributed by atoms with Crippen LogP contribution in [0.15, 0.2) is 29.1 Å². The third-order valence-corrected chi connectivity index (χ3v) is 5.20. The summed E-state index contributed by atoms with van der Waals surface area (Å²) in [6.07, 6.45) is -3.11. The second kappa shape index (κ2) is 8.86. The van der Waals surface area contributed by atoms with Gasteiger partial charge in [0, 0.05) is 30.4 Å². The summed E-state index contributed by atoms with van der Waals surface area (Å²) in [4.78, 5) is 33.0. The molecule has 2 heterocycles. The van der Waals surface area contributed by atoms with E-state index in [1.54, 1.807) is 13.8 Å². The molecule has 1 fully saturated rings. The summed E-state index contributed by atoms with van der Waals surface area (Å²) >= 11 is 0. The van der Waals surface area contributed by atoms with Gasteiger partial charge in [-0.15, -0.1) is 0 Å². The van der Waals surface area contributed by atoms with E-state index in [1.165, 1.54) is 18.2 Å². The standard InChI is InChI=1S/C20H24F3N5O2/c1-12-13(2)24-19(27-18(12)30)25-14-7-9-28(10-8-14)11-17(29)26-16-6-4-3-5-15(16)20(21,22)23/h3-6,14H,7-11H2,1-2H3,(H,26,29)(H2,24,25,27,30). The highest BCUT2D eigenvalue weighted by Gasteiger charge is 2.33. The lowest BCUT2D eigenvalue weighted by Crippen LogP contribution is -2.43. The van der Waals surface area contributed by atoms with Crippen molar-refractivity contribution in [3.63, 3.8) is 0 Å². The summed E-state index contributed by atoms with van der Waals surface area (Å²) < 4.78 is 39.2. The minimum absolute atomic E-state index is 0.0115. The van der Waals surface area contributed by atoms with E-state index >= 15 is 0 Å². The molecule has 0 aliphatic carbocycles. The number of aryl methyl sites for hydroxylation is 1. The number of hydrogen-bond donors (Lipinski definition) is 3. The molecule has 3 rings (SSSR count). The highest BCUT2D eigenvalue weighted by molar-refractivity contribution is 5.93. The second-order valence-corrected chi connectivity index (χ2v) is 7.41. The lowest BCUT2D eigenvalue weighted by Gasteiger charge is -2.32. The summed E-state index contributed by atoms with van der Waals surface area (Å²) in [6.45, 7) is 4.69. The zero-order chi connectivity index (χ0) is 21.9. The molecule has 162 valence electrons. The first-order valence-corrected chi connectivity index (χ1v) is 9.66. The van der Waals surface area contributed by atoms with E-state index in [2.05, 4.69) is 20.6 Å². The Bertz CT molecular complexity index is 966. The van der Waals surface area contributed by atoms with Crippen LogP contribution in [0.4, 0.5) is 24.8 Å². The molecule has 0 saturated carbocycles. The molecular formula is C20H24F3N5O2. The Hall–Kier alpha value is -2.88. The predicted molar refractivity (Wildman–Crippen MR) is 107 cm³/mol. The maximum Gasteiger partial charge on any atom is 0.418 e. The highest BCUT2D eigenvalue weighted by atomic mass is 19.4. The van der Waals surface area contributed by atoms with Crippen molar-refractivity contribution in [2.24, 2.45) is 0 Å². The molecule has 0 unspecified atom stereocenters. The Morgan fingerprint density at radius 1 is 1.23 bits per heavy atom. The minimum atomic E-state index is -4.53. The Kier molecular flexibility index (Phi) is 6.45. The lowest BCUT2D eigenvalue weighted by atomic mass is 10.1. The van der Waals surface area contributed by atoms with Gasteiger partial charge in [0.15, 0.2) is 0 Å². The molecule has 7 nitrogen and oxygen atoms in total. The monoisotopic (exact) mass is 423 g/mol. The van der Waals surface area contributed by atoms with E-state index in [4.69, 9.17) is 0 Å². The Balaban J connectivity index is 1.52. The van der Waals surface area contributed by atoms with E-state index in [1.807, 2.05) is 4.90 Å². The Morgan fingerprint density at radius 2 is 1.90 bits per heavy atom. The topological polar surface area (TPSA) is 90.1 Å². The number of hydrogen-bond acceptors (Lipinski definition) is 5. The minimum Gasteiger partial charge on any atom is -0.353 e. The molecule has 0 bridgehead atoms. The molecule has 2 aromatic rings. The number of nitrogens with zero attached hydrogens (tertiary/aromatic N) is 2. The van der Waals surface area contributed by atoms with Crippen LogP contribution in [0.2, 0.25) is 0 Å². The fraction of sp³-hybridized carbons (Fsp3) is 0.450. The molecule has 30 heavy (non-hydrogen) atoms. The van der Waals surface area contributed by atoms with E-state index in [9.17, 15) is 22.8 Å². The SMILES string of the molecule is Cc1nc(NC2CCN(CC(=O)Nc3ccccc3C(F)(F)F)CC2)[nH]c(=O)c1C. The fourth-order valence-electron chi connectivity index (χ4n) is 3.37. The fourth-order valence-corrected chi connectivity index (χ4v) is 3.37. The number of benzene rings is 1. The van der Waals surface area contributed by atoms with Crippen LogP contribution in [0.5, 0.6) is 0 Å². The van der Waals surface area contributed by atoms with Crippen LogP contribution >= 0.6 is 0 Å². The third-order valence-electron chi connectivity index (χ3n) is 5.20. The van der Waals surface area contributed by atoms with Crippen LogP contribution in [0.25, 0.3) is 0 Å². The van der Waals surface area contributed by atoms with Gasteiger partial charge in [-0.1, -0.05) is 12.1 Å². The van der Waals surface area contributed by atoms with E-state index in [-0.39, 0.29) is 23.8 Å². The molecule has 0 radical (unpaired) electrons. The predicted octanol–water partition coefficient (Wildman–Crippen LogP) is 2.92. The number of aromatic nitrogens is 2. The summed E-state index contributed by atoms with van der Waals surface area (Å²) in [6, 6.07) is 5.01. The van der Waals surface area contributed by atoms with Crippen molar-refractivity contribution in [2.45, 2.75) is 38.9 Å². The summed E-state index contributed by atoms with van der Waals surface area (Å²) in [7, 11) is 0. The van der Waals surface area contributed by atoms with Gasteiger partial charge in [0.2, 0.25) is 11.9 Å². The van der Waals surface area contributed by atoms with Crippen LogP contribution < -0.4 is 16.2 Å². The average Bonchev–Trinajstić information content (AvgIpc) is 2.67. The molecule has 1 amide bonds. The maximum atomic E-state index is 13.1. The number of carbonyl (C=O) groups excluding carboxylic acids is 1. The molecule has 0 spiro atoms. The van der Waals surface area contributed by atoms with Crippen molar-refractivity contribution in [2.75, 3.05) is 30.3 Å². The number of rotatable bonds is 5. The van der Waals surface area contributed by atoms with Crippen LogP contribution in [0.3, 0.4) is 0 Å². The largest absolute Gasteiger partial charge is 0.418 e. The summed E-state index contributed by atoms with van der Waals surface area (Å²) in [5.74, 6) is -0.0682. The number of nitrogens with one attached hydrogen (secondary N) is 3. The quantitative estimate of drug-likeness (QED) is 0.688. The van der Waals surface area contributed by atoms with Crippen LogP contribution in [-0.2, 0) is 11.0 Å². The van der Waals surface area contributed by atoms with Crippen molar-refractivity contribution >= 4 is 17.5 Å². The number of piperidine rings is 1. The van der Waals surface area contributed by atoms with Crippen molar-refractivity contribution in [3.8, 4) is 0 Å². The van der Waals surface area contributed by atoms with Gasteiger partial charge < -0.3 is 10.6 Å². The molecule has 3 N–H and O–H groups in total. The first-order chi connectivity index (χ1) is 14.1. The second-order valence-electron chi connectivity index (χ2n) is 7.41. The van der Waals surface area contributed by atoms with Gasteiger partial charge >= 0.3 is 6.18 Å². The van der Waals surface area contributed by atoms with Crippen LogP contribution in [0, 0.1) is 13.8 Å². The van der Waals surface area contributed by atoms with Gasteiger partial charge in [-0.25, -0.2) is 4.98 Å². The zero-order valence-corrected chi connectivity index (χ0v) is 16.8.